The molecule has 0 aliphatic heterocycles. The van der Waals surface area contributed by atoms with Crippen LogP contribution in [0.1, 0.15) is 17.4 Å². The lowest BCUT2D eigenvalue weighted by Gasteiger charge is -2.12. The van der Waals surface area contributed by atoms with Gasteiger partial charge in [-0.15, -0.1) is 0 Å². The van der Waals surface area contributed by atoms with Crippen LogP contribution < -0.4 is 11.3 Å². The lowest BCUT2D eigenvalue weighted by Crippen LogP contribution is -2.27. The molecule has 1 atom stereocenters. The van der Waals surface area contributed by atoms with E-state index in [1.165, 1.54) is 12.1 Å². The molecule has 0 heterocycles. The highest BCUT2D eigenvalue weighted by Crippen LogP contribution is 2.30. The number of nitrogens with one attached hydrogen (secondary N) is 1. The maximum Gasteiger partial charge on any atom is 0.416 e. The van der Waals surface area contributed by atoms with Gasteiger partial charge in [0.1, 0.15) is 6.23 Å². The number of benzene rings is 1. The Balaban J connectivity index is 3.01. The molecule has 0 fully saturated rings. The van der Waals surface area contributed by atoms with Crippen LogP contribution in [-0.4, -0.2) is 5.11 Å². The van der Waals surface area contributed by atoms with E-state index >= 15 is 0 Å². The molecule has 0 spiro atoms. The molecule has 0 aliphatic carbocycles. The first-order valence-electron chi connectivity index (χ1n) is 3.76. The van der Waals surface area contributed by atoms with Crippen molar-refractivity contribution in [2.75, 3.05) is 0 Å². The number of hydrogen-bond acceptors (Lipinski definition) is 3. The van der Waals surface area contributed by atoms with E-state index in [0.717, 1.165) is 12.1 Å². The quantitative estimate of drug-likeness (QED) is 0.386. The van der Waals surface area contributed by atoms with Crippen molar-refractivity contribution in [3.05, 3.63) is 35.4 Å². The zero-order valence-corrected chi connectivity index (χ0v) is 7.05. The molecular formula is C8H9F3N2O. The second-order valence-electron chi connectivity index (χ2n) is 2.69. The van der Waals surface area contributed by atoms with E-state index in [-0.39, 0.29) is 5.56 Å². The van der Waals surface area contributed by atoms with E-state index in [1.54, 1.807) is 0 Å². The summed E-state index contributed by atoms with van der Waals surface area (Å²) in [4.78, 5) is 0. The normalized spacial score (nSPS) is 14.1. The summed E-state index contributed by atoms with van der Waals surface area (Å²) in [7, 11) is 0. The lowest BCUT2D eigenvalue weighted by molar-refractivity contribution is -0.137. The predicted molar refractivity (Wildman–Crippen MR) is 43.7 cm³/mol. The fraction of sp³-hybridized carbons (Fsp3) is 0.250. The third kappa shape index (κ3) is 2.44. The van der Waals surface area contributed by atoms with Gasteiger partial charge in [-0.05, 0) is 17.7 Å². The molecule has 0 saturated carbocycles. The number of alkyl halides is 3. The van der Waals surface area contributed by atoms with Crippen LogP contribution in [0.5, 0.6) is 0 Å². The number of nitrogens with two attached hydrogens (primary N) is 1. The number of rotatable bonds is 2. The highest BCUT2D eigenvalue weighted by molar-refractivity contribution is 5.26. The fourth-order valence-electron chi connectivity index (χ4n) is 0.981. The van der Waals surface area contributed by atoms with Crippen LogP contribution >= 0.6 is 0 Å². The molecule has 78 valence electrons. The largest absolute Gasteiger partial charge is 0.416 e. The minimum absolute atomic E-state index is 0.0716. The summed E-state index contributed by atoms with van der Waals surface area (Å²) in [6.07, 6.45) is -5.71. The van der Waals surface area contributed by atoms with Gasteiger partial charge in [-0.2, -0.15) is 13.2 Å². The first-order valence-corrected chi connectivity index (χ1v) is 3.76. The van der Waals surface area contributed by atoms with Crippen molar-refractivity contribution in [2.24, 2.45) is 5.84 Å². The average molecular weight is 206 g/mol. The maximum absolute atomic E-state index is 12.2. The van der Waals surface area contributed by atoms with Crippen molar-refractivity contribution in [2.45, 2.75) is 12.4 Å². The molecule has 0 bridgehead atoms. The number of hydrazine groups is 1. The molecule has 1 unspecified atom stereocenters. The van der Waals surface area contributed by atoms with Crippen molar-refractivity contribution >= 4 is 0 Å². The highest BCUT2D eigenvalue weighted by Gasteiger charge is 2.30. The van der Waals surface area contributed by atoms with Gasteiger partial charge in [-0.1, -0.05) is 12.1 Å². The van der Waals surface area contributed by atoms with Gasteiger partial charge in [0.15, 0.2) is 0 Å². The van der Waals surface area contributed by atoms with E-state index in [2.05, 4.69) is 0 Å². The summed E-state index contributed by atoms with van der Waals surface area (Å²) >= 11 is 0. The van der Waals surface area contributed by atoms with E-state index in [4.69, 9.17) is 10.9 Å². The van der Waals surface area contributed by atoms with Crippen LogP contribution in [0.25, 0.3) is 0 Å². The molecule has 0 aliphatic rings. The summed E-state index contributed by atoms with van der Waals surface area (Å²) in [5.41, 5.74) is 1.20. The Morgan fingerprint density at radius 2 is 2.00 bits per heavy atom. The van der Waals surface area contributed by atoms with Crippen LogP contribution in [0.2, 0.25) is 0 Å². The lowest BCUT2D eigenvalue weighted by atomic mass is 10.1. The van der Waals surface area contributed by atoms with Gasteiger partial charge in [-0.3, -0.25) is 5.84 Å². The maximum atomic E-state index is 12.2. The summed E-state index contributed by atoms with van der Waals surface area (Å²) < 4.78 is 36.6. The number of aliphatic hydroxyl groups excluding tert-OH is 1. The standard InChI is InChI=1S/C8H9F3N2O/c9-8(10,11)6-3-1-2-5(4-6)7(14)13-12/h1-4,7,13-14H,12H2. The first-order chi connectivity index (χ1) is 6.45. The van der Waals surface area contributed by atoms with Gasteiger partial charge >= 0.3 is 6.18 Å². The monoisotopic (exact) mass is 206 g/mol. The Kier molecular flexibility index (Phi) is 3.10. The molecule has 3 nitrogen and oxygen atoms in total. The molecule has 14 heavy (non-hydrogen) atoms. The average Bonchev–Trinajstić information content (AvgIpc) is 2.15. The van der Waals surface area contributed by atoms with E-state index in [1.807, 2.05) is 5.43 Å². The predicted octanol–water partition coefficient (Wildman–Crippen LogP) is 1.16. The SMILES string of the molecule is NNC(O)c1cccc(C(F)(F)F)c1. The van der Waals surface area contributed by atoms with Gasteiger partial charge in [-0.25, -0.2) is 5.43 Å². The Bertz CT molecular complexity index is 314. The number of aliphatic hydroxyl groups is 1. The van der Waals surface area contributed by atoms with Gasteiger partial charge in [0.25, 0.3) is 0 Å². The molecule has 6 heteroatoms. The zero-order valence-electron chi connectivity index (χ0n) is 7.05. The number of halogens is 3. The summed E-state index contributed by atoms with van der Waals surface area (Å²) in [5, 5.41) is 9.12. The van der Waals surface area contributed by atoms with Crippen molar-refractivity contribution in [3.8, 4) is 0 Å². The smallest absolute Gasteiger partial charge is 0.373 e. The third-order valence-corrected chi connectivity index (χ3v) is 1.69. The summed E-state index contributed by atoms with van der Waals surface area (Å²) in [6, 6.07) is 4.32. The Morgan fingerprint density at radius 3 is 2.50 bits per heavy atom. The van der Waals surface area contributed by atoms with Crippen molar-refractivity contribution in [3.63, 3.8) is 0 Å². The third-order valence-electron chi connectivity index (χ3n) is 1.69. The Hall–Kier alpha value is -1.11. The van der Waals surface area contributed by atoms with Crippen molar-refractivity contribution in [1.29, 1.82) is 0 Å². The van der Waals surface area contributed by atoms with Crippen LogP contribution in [0.15, 0.2) is 24.3 Å². The molecule has 0 saturated heterocycles. The fourth-order valence-corrected chi connectivity index (χ4v) is 0.981. The van der Waals surface area contributed by atoms with Gasteiger partial charge in [0.05, 0.1) is 5.56 Å². The second kappa shape index (κ2) is 3.95. The van der Waals surface area contributed by atoms with E-state index in [0.29, 0.717) is 0 Å². The number of hydrogen-bond donors (Lipinski definition) is 3. The zero-order chi connectivity index (χ0) is 10.8. The minimum Gasteiger partial charge on any atom is -0.373 e. The van der Waals surface area contributed by atoms with Crippen LogP contribution in [-0.2, 0) is 6.18 Å². The topological polar surface area (TPSA) is 58.3 Å². The van der Waals surface area contributed by atoms with Gasteiger partial charge in [0, 0.05) is 0 Å². The van der Waals surface area contributed by atoms with Crippen molar-refractivity contribution < 1.29 is 18.3 Å². The Morgan fingerprint density at radius 1 is 1.36 bits per heavy atom. The van der Waals surface area contributed by atoms with Crippen LogP contribution in [0.4, 0.5) is 13.2 Å². The molecule has 1 aromatic carbocycles. The highest BCUT2D eigenvalue weighted by atomic mass is 19.4. The van der Waals surface area contributed by atoms with Crippen LogP contribution in [0, 0.1) is 0 Å². The Labute approximate surface area is 78.3 Å². The van der Waals surface area contributed by atoms with Gasteiger partial charge < -0.3 is 5.11 Å². The van der Waals surface area contributed by atoms with Crippen LogP contribution in [0.3, 0.4) is 0 Å². The minimum atomic E-state index is -4.41. The first kappa shape index (κ1) is 11.0. The van der Waals surface area contributed by atoms with E-state index < -0.39 is 18.0 Å². The molecule has 1 rings (SSSR count). The second-order valence-corrected chi connectivity index (χ2v) is 2.69. The van der Waals surface area contributed by atoms with Crippen molar-refractivity contribution in [1.82, 2.24) is 5.43 Å². The molecule has 1 aromatic rings. The molecular weight excluding hydrogens is 197 g/mol. The molecule has 0 aromatic heterocycles. The van der Waals surface area contributed by atoms with E-state index in [9.17, 15) is 13.2 Å². The van der Waals surface area contributed by atoms with Gasteiger partial charge in [0.2, 0.25) is 0 Å². The summed E-state index contributed by atoms with van der Waals surface area (Å²) in [5.74, 6) is 4.88. The molecule has 4 N–H and O–H groups in total. The molecule has 0 radical (unpaired) electrons. The summed E-state index contributed by atoms with van der Waals surface area (Å²) in [6.45, 7) is 0. The molecule has 0 amide bonds.